The zero-order valence-corrected chi connectivity index (χ0v) is 42.3. The Balaban J connectivity index is 0. The zero-order chi connectivity index (χ0) is 51.7. The summed E-state index contributed by atoms with van der Waals surface area (Å²) in [6.07, 6.45) is -5.51. The second-order valence-electron chi connectivity index (χ2n) is 17.8. The highest BCUT2D eigenvalue weighted by atomic mass is 35.5. The summed E-state index contributed by atoms with van der Waals surface area (Å²) < 4.78 is 10.3. The van der Waals surface area contributed by atoms with Gasteiger partial charge in [-0.3, -0.25) is 24.5 Å². The lowest BCUT2D eigenvalue weighted by Crippen LogP contribution is -2.53. The normalized spacial score (nSPS) is 14.1. The average molecular weight is 988 g/mol. The van der Waals surface area contributed by atoms with E-state index in [2.05, 4.69) is 26.6 Å². The molecule has 2 rings (SSSR count). The van der Waals surface area contributed by atoms with Crippen LogP contribution in [0.1, 0.15) is 104 Å². The minimum atomic E-state index is -1.70. The molecular formula is C46H79ClN8O13. The van der Waals surface area contributed by atoms with E-state index in [1.54, 1.807) is 94.0 Å². The lowest BCUT2D eigenvalue weighted by molar-refractivity contribution is -0.133. The van der Waals surface area contributed by atoms with Gasteiger partial charge in [-0.15, -0.1) is 12.4 Å². The largest absolute Gasteiger partial charge is 0.444 e. The minimum absolute atomic E-state index is 0. The number of likely N-dealkylation sites (N-methyl/N-ethyl adjacent to an activating group) is 2. The van der Waals surface area contributed by atoms with Crippen molar-refractivity contribution in [1.82, 2.24) is 36.4 Å². The standard InChI is InChI=1S/C23H38N4O6.C13H26N2O6.C10H14N2O.ClH/c1-7-11-16(25-22(32)33-23(2,3)4)19(29)20(30)24-14-17(28)26-18(21(31)27(5)6)15-12-9-8-10-13-15;1-5-6-8(15-12(20)21-13(2,3)4)10(18)11(19)14-7-9(16)17;1-12(2)10(13)9(11)8-6-4-3-5-7-8;/h8-10,12-13,16-19,26,28-29H,7,11,14H2,1-6H3,(H,24,30)(H,25,32);8-10,16-18H,5-7H2,1-4H3,(H,14,19)(H,15,20);3-7,9H,11H2,1-2H3;1H/t16?,17-,18+,19?;;9-;/m1.0./s1. The number of hydrogen-bond donors (Lipinski definition) is 11. The van der Waals surface area contributed by atoms with Crippen LogP contribution in [0.2, 0.25) is 0 Å². The molecule has 0 radical (unpaired) electrons. The van der Waals surface area contributed by atoms with Gasteiger partial charge in [-0.1, -0.05) is 87.4 Å². The maximum atomic E-state index is 12.6. The van der Waals surface area contributed by atoms with Crippen LogP contribution in [0, 0.1) is 0 Å². The SMILES string of the molecule is CCCC(NC(=O)OC(C)(C)C)C(O)C(=O)NCC(O)O.CCCC(NC(=O)OC(C)(C)C)C(O)C(=O)NC[C@@H](O)N[C@H](C(=O)N(C)C)c1ccccc1.CN(C)C(=O)[C@@H](N)c1ccccc1.Cl. The molecule has 4 unspecified atom stereocenters. The van der Waals surface area contributed by atoms with E-state index in [9.17, 15) is 44.1 Å². The van der Waals surface area contributed by atoms with E-state index in [1.807, 2.05) is 50.2 Å². The van der Waals surface area contributed by atoms with Crippen LogP contribution in [0.25, 0.3) is 0 Å². The topological polar surface area (TPSA) is 315 Å². The van der Waals surface area contributed by atoms with Crippen LogP contribution >= 0.6 is 12.4 Å². The number of rotatable bonds is 20. The van der Waals surface area contributed by atoms with Crippen molar-refractivity contribution in [3.05, 3.63) is 71.8 Å². The zero-order valence-electron chi connectivity index (χ0n) is 41.5. The van der Waals surface area contributed by atoms with E-state index in [-0.39, 0.29) is 30.8 Å². The number of ether oxygens (including phenoxy) is 2. The van der Waals surface area contributed by atoms with Gasteiger partial charge >= 0.3 is 12.2 Å². The first kappa shape index (κ1) is 65.0. The number of nitrogens with one attached hydrogen (secondary N) is 5. The number of aliphatic hydroxyl groups excluding tert-OH is 4. The van der Waals surface area contributed by atoms with E-state index in [0.29, 0.717) is 31.2 Å². The first-order valence-electron chi connectivity index (χ1n) is 22.0. The molecule has 0 bridgehead atoms. The second-order valence-corrected chi connectivity index (χ2v) is 17.8. The Bertz CT molecular complexity index is 1780. The van der Waals surface area contributed by atoms with E-state index in [0.717, 1.165) is 5.56 Å². The third-order valence-corrected chi connectivity index (χ3v) is 8.88. The molecule has 12 N–H and O–H groups in total. The van der Waals surface area contributed by atoms with Crippen molar-refractivity contribution in [3.63, 3.8) is 0 Å². The molecule has 0 aliphatic heterocycles. The number of amides is 6. The molecule has 0 saturated carbocycles. The van der Waals surface area contributed by atoms with Crippen LogP contribution in [0.5, 0.6) is 0 Å². The van der Waals surface area contributed by atoms with Gasteiger partial charge in [0.2, 0.25) is 11.8 Å². The number of benzene rings is 2. The van der Waals surface area contributed by atoms with E-state index in [1.165, 1.54) is 9.80 Å². The van der Waals surface area contributed by atoms with Gasteiger partial charge in [0.25, 0.3) is 11.8 Å². The highest BCUT2D eigenvalue weighted by molar-refractivity contribution is 5.85. The Morgan fingerprint density at radius 2 is 0.971 bits per heavy atom. The van der Waals surface area contributed by atoms with Gasteiger partial charge in [-0.25, -0.2) is 9.59 Å². The Labute approximate surface area is 407 Å². The van der Waals surface area contributed by atoms with E-state index in [4.69, 9.17) is 25.4 Å². The fourth-order valence-corrected chi connectivity index (χ4v) is 5.67. The number of aliphatic hydroxyl groups is 5. The molecule has 2 aromatic carbocycles. The van der Waals surface area contributed by atoms with Crippen LogP contribution in [0.15, 0.2) is 60.7 Å². The van der Waals surface area contributed by atoms with Crippen LogP contribution in [-0.2, 0) is 28.7 Å². The molecule has 388 valence electrons. The lowest BCUT2D eigenvalue weighted by Gasteiger charge is -2.27. The summed E-state index contributed by atoms with van der Waals surface area (Å²) in [6.45, 7) is 13.3. The number of hydrogen-bond acceptors (Lipinski definition) is 15. The lowest BCUT2D eigenvalue weighted by atomic mass is 10.0. The Morgan fingerprint density at radius 3 is 1.31 bits per heavy atom. The summed E-state index contributed by atoms with van der Waals surface area (Å²) in [5.74, 6) is -1.90. The molecule has 0 saturated heterocycles. The third kappa shape index (κ3) is 27.6. The van der Waals surface area contributed by atoms with Crippen LogP contribution in [-0.4, -0.2) is 160 Å². The number of alkyl carbamates (subject to hydrolysis) is 2. The maximum Gasteiger partial charge on any atom is 0.407 e. The van der Waals surface area contributed by atoms with Gasteiger partial charge in [0.15, 0.2) is 18.5 Å². The molecule has 68 heavy (non-hydrogen) atoms. The summed E-state index contributed by atoms with van der Waals surface area (Å²) in [4.78, 5) is 74.8. The molecule has 0 heterocycles. The number of nitrogens with two attached hydrogens (primary N) is 1. The fraction of sp³-hybridized carbons (Fsp3) is 0.609. The number of carbonyl (C=O) groups excluding carboxylic acids is 6. The van der Waals surface area contributed by atoms with Crippen molar-refractivity contribution < 1.29 is 63.8 Å². The van der Waals surface area contributed by atoms with Gasteiger partial charge < -0.3 is 71.8 Å². The molecule has 7 atom stereocenters. The molecule has 0 aliphatic carbocycles. The van der Waals surface area contributed by atoms with E-state index < -0.39 is 90.6 Å². The summed E-state index contributed by atoms with van der Waals surface area (Å²) >= 11 is 0. The summed E-state index contributed by atoms with van der Waals surface area (Å²) in [5, 5.41) is 60.5. The predicted octanol–water partition coefficient (Wildman–Crippen LogP) is 1.56. The molecule has 21 nitrogen and oxygen atoms in total. The first-order valence-corrected chi connectivity index (χ1v) is 22.0. The van der Waals surface area contributed by atoms with Gasteiger partial charge in [0, 0.05) is 28.2 Å². The van der Waals surface area contributed by atoms with Crippen molar-refractivity contribution in [2.75, 3.05) is 41.3 Å². The van der Waals surface area contributed by atoms with Gasteiger partial charge in [-0.05, 0) is 65.5 Å². The number of carbonyl (C=O) groups is 6. The van der Waals surface area contributed by atoms with Gasteiger partial charge in [-0.2, -0.15) is 0 Å². The van der Waals surface area contributed by atoms with Crippen molar-refractivity contribution in [1.29, 1.82) is 0 Å². The molecule has 0 spiro atoms. The monoisotopic (exact) mass is 987 g/mol. The molecular weight excluding hydrogens is 908 g/mol. The molecule has 22 heteroatoms. The average Bonchev–Trinajstić information content (AvgIpc) is 3.24. The minimum Gasteiger partial charge on any atom is -0.444 e. The van der Waals surface area contributed by atoms with Crippen molar-refractivity contribution in [2.24, 2.45) is 5.73 Å². The Hall–Kier alpha value is -5.13. The van der Waals surface area contributed by atoms with Gasteiger partial charge in [0.05, 0.1) is 25.2 Å². The predicted molar refractivity (Wildman–Crippen MR) is 259 cm³/mol. The molecule has 0 aromatic heterocycles. The maximum absolute atomic E-state index is 12.6. The summed E-state index contributed by atoms with van der Waals surface area (Å²) in [7, 11) is 6.61. The van der Waals surface area contributed by atoms with Crippen molar-refractivity contribution in [3.8, 4) is 0 Å². The van der Waals surface area contributed by atoms with Crippen LogP contribution < -0.4 is 32.3 Å². The molecule has 0 fully saturated rings. The highest BCUT2D eigenvalue weighted by Gasteiger charge is 2.31. The second kappa shape index (κ2) is 32.6. The van der Waals surface area contributed by atoms with Gasteiger partial charge in [0.1, 0.15) is 29.5 Å². The Kier molecular flexibility index (Phi) is 31.1. The third-order valence-electron chi connectivity index (χ3n) is 8.88. The highest BCUT2D eigenvalue weighted by Crippen LogP contribution is 2.16. The number of nitrogens with zero attached hydrogens (tertiary/aromatic N) is 2. The van der Waals surface area contributed by atoms with E-state index >= 15 is 0 Å². The van der Waals surface area contributed by atoms with Crippen molar-refractivity contribution in [2.45, 2.75) is 141 Å². The molecule has 6 amide bonds. The fourth-order valence-electron chi connectivity index (χ4n) is 5.67. The quantitative estimate of drug-likeness (QED) is 0.0839. The Morgan fingerprint density at radius 1 is 0.603 bits per heavy atom. The summed E-state index contributed by atoms with van der Waals surface area (Å²) in [5.41, 5.74) is 5.85. The smallest absolute Gasteiger partial charge is 0.407 e. The van der Waals surface area contributed by atoms with Crippen LogP contribution in [0.3, 0.4) is 0 Å². The van der Waals surface area contributed by atoms with Crippen molar-refractivity contribution >= 4 is 48.2 Å². The molecule has 2 aromatic rings. The number of halogens is 1. The molecule has 0 aliphatic rings. The van der Waals surface area contributed by atoms with Crippen LogP contribution in [0.4, 0.5) is 9.59 Å². The first-order chi connectivity index (χ1) is 31.0. The summed E-state index contributed by atoms with van der Waals surface area (Å²) in [6, 6.07) is 15.2.